The Labute approximate surface area is 83.4 Å². The fourth-order valence-electron chi connectivity index (χ4n) is 0.591. The average molecular weight is 229 g/mol. The molecule has 0 heterocycles. The monoisotopic (exact) mass is 229 g/mol. The summed E-state index contributed by atoms with van der Waals surface area (Å²) >= 11 is 6.17. The first-order valence-corrected chi connectivity index (χ1v) is 7.87. The van der Waals surface area contributed by atoms with Crippen LogP contribution in [0.15, 0.2) is 0 Å². The minimum absolute atomic E-state index is 0.0608. The summed E-state index contributed by atoms with van der Waals surface area (Å²) in [7, 11) is 0. The van der Waals surface area contributed by atoms with Crippen LogP contribution in [0.1, 0.15) is 27.7 Å². The van der Waals surface area contributed by atoms with Crippen molar-refractivity contribution in [2.45, 2.75) is 39.9 Å². The minimum Gasteiger partial charge on any atom is -0.318 e. The topological polar surface area (TPSA) is 44.5 Å². The molecule has 0 bridgehead atoms. The Hall–Kier alpha value is 0.880. The molecule has 0 rings (SSSR count). The van der Waals surface area contributed by atoms with E-state index in [-0.39, 0.29) is 12.2 Å². The standard InChI is InChI=1S/C6H16NO2PS2/c1-5(2)8-10(11,12-7)9-6(3)4/h5-6H,7H2,1-4H3. The van der Waals surface area contributed by atoms with Crippen LogP contribution in [0.4, 0.5) is 0 Å². The average Bonchev–Trinajstić information content (AvgIpc) is 1.83. The fourth-order valence-corrected chi connectivity index (χ4v) is 4.14. The Morgan fingerprint density at radius 1 is 1.17 bits per heavy atom. The predicted octanol–water partition coefficient (Wildman–Crippen LogP) is 2.67. The molecule has 0 aromatic carbocycles. The second-order valence-electron chi connectivity index (χ2n) is 2.86. The van der Waals surface area contributed by atoms with Gasteiger partial charge in [0.05, 0.1) is 12.2 Å². The van der Waals surface area contributed by atoms with Gasteiger partial charge in [-0.3, -0.25) is 5.14 Å². The first kappa shape index (κ1) is 12.9. The van der Waals surface area contributed by atoms with Crippen molar-refractivity contribution in [3.8, 4) is 0 Å². The van der Waals surface area contributed by atoms with Crippen LogP contribution in [0, 0.1) is 0 Å². The van der Waals surface area contributed by atoms with Gasteiger partial charge < -0.3 is 9.05 Å². The highest BCUT2D eigenvalue weighted by Gasteiger charge is 2.21. The van der Waals surface area contributed by atoms with Crippen LogP contribution in [0.3, 0.4) is 0 Å². The van der Waals surface area contributed by atoms with Gasteiger partial charge in [0.15, 0.2) is 0 Å². The normalized spacial score (nSPS) is 12.9. The van der Waals surface area contributed by atoms with Crippen LogP contribution in [-0.4, -0.2) is 12.2 Å². The van der Waals surface area contributed by atoms with Gasteiger partial charge in [-0.2, -0.15) is 0 Å². The van der Waals surface area contributed by atoms with Crippen molar-refractivity contribution in [1.29, 1.82) is 0 Å². The molecule has 0 saturated heterocycles. The van der Waals surface area contributed by atoms with Gasteiger partial charge in [-0.05, 0) is 39.5 Å². The molecule has 0 aromatic rings. The molecule has 2 N–H and O–H groups in total. The second-order valence-corrected chi connectivity index (χ2v) is 8.60. The van der Waals surface area contributed by atoms with E-state index in [9.17, 15) is 0 Å². The van der Waals surface area contributed by atoms with E-state index in [1.807, 2.05) is 27.7 Å². The van der Waals surface area contributed by atoms with E-state index in [1.165, 1.54) is 0 Å². The van der Waals surface area contributed by atoms with E-state index in [2.05, 4.69) is 0 Å². The van der Waals surface area contributed by atoms with Crippen LogP contribution in [0.5, 0.6) is 0 Å². The first-order chi connectivity index (χ1) is 5.39. The van der Waals surface area contributed by atoms with Gasteiger partial charge in [-0.15, -0.1) is 0 Å². The zero-order valence-corrected chi connectivity index (χ0v) is 10.3. The van der Waals surface area contributed by atoms with Gasteiger partial charge in [0.1, 0.15) is 0 Å². The van der Waals surface area contributed by atoms with Gasteiger partial charge in [-0.25, -0.2) is 0 Å². The molecule has 12 heavy (non-hydrogen) atoms. The van der Waals surface area contributed by atoms with Crippen molar-refractivity contribution in [1.82, 2.24) is 0 Å². The molecule has 0 saturated carbocycles. The summed E-state index contributed by atoms with van der Waals surface area (Å²) in [6.45, 7) is 7.67. The Bertz CT molecular complexity index is 161. The maximum absolute atomic E-state index is 5.44. The van der Waals surface area contributed by atoms with Gasteiger partial charge in [0.2, 0.25) is 0 Å². The summed E-state index contributed by atoms with van der Waals surface area (Å²) in [5, 5.41) is 5.42. The Balaban J connectivity index is 4.15. The zero-order chi connectivity index (χ0) is 9.78. The zero-order valence-electron chi connectivity index (χ0n) is 7.81. The molecule has 0 atom stereocenters. The maximum Gasteiger partial charge on any atom is 0.262 e. The second kappa shape index (κ2) is 5.58. The van der Waals surface area contributed by atoms with Crippen molar-refractivity contribution in [3.05, 3.63) is 0 Å². The fraction of sp³-hybridized carbons (Fsp3) is 1.00. The van der Waals surface area contributed by atoms with E-state index in [1.54, 1.807) is 0 Å². The van der Waals surface area contributed by atoms with E-state index < -0.39 is 5.69 Å². The third kappa shape index (κ3) is 5.51. The van der Waals surface area contributed by atoms with Crippen LogP contribution in [0.2, 0.25) is 0 Å². The molecule has 74 valence electrons. The highest BCUT2D eigenvalue weighted by molar-refractivity contribution is 8.67. The van der Waals surface area contributed by atoms with Crippen LogP contribution < -0.4 is 5.14 Å². The lowest BCUT2D eigenvalue weighted by Crippen LogP contribution is -2.06. The van der Waals surface area contributed by atoms with Crippen molar-refractivity contribution < 1.29 is 9.05 Å². The Kier molecular flexibility index (Phi) is 5.99. The molecule has 0 unspecified atom stereocenters. The molecule has 0 spiro atoms. The quantitative estimate of drug-likeness (QED) is 0.580. The van der Waals surface area contributed by atoms with Crippen LogP contribution in [-0.2, 0) is 20.9 Å². The van der Waals surface area contributed by atoms with E-state index in [4.69, 9.17) is 26.0 Å². The molecule has 0 aliphatic rings. The van der Waals surface area contributed by atoms with Gasteiger partial charge in [-0.1, -0.05) is 0 Å². The highest BCUT2D eigenvalue weighted by Crippen LogP contribution is 2.59. The van der Waals surface area contributed by atoms with Crippen molar-refractivity contribution in [2.24, 2.45) is 5.14 Å². The smallest absolute Gasteiger partial charge is 0.262 e. The highest BCUT2D eigenvalue weighted by atomic mass is 32.9. The lowest BCUT2D eigenvalue weighted by atomic mass is 10.5. The lowest BCUT2D eigenvalue weighted by molar-refractivity contribution is 0.186. The van der Waals surface area contributed by atoms with E-state index in [0.717, 1.165) is 11.6 Å². The van der Waals surface area contributed by atoms with Crippen molar-refractivity contribution in [2.75, 3.05) is 0 Å². The lowest BCUT2D eigenvalue weighted by Gasteiger charge is -2.23. The van der Waals surface area contributed by atoms with Gasteiger partial charge >= 0.3 is 0 Å². The van der Waals surface area contributed by atoms with Gasteiger partial charge in [0, 0.05) is 11.6 Å². The van der Waals surface area contributed by atoms with Crippen LogP contribution in [0.25, 0.3) is 0 Å². The van der Waals surface area contributed by atoms with Gasteiger partial charge in [0.25, 0.3) is 5.69 Å². The minimum atomic E-state index is -2.28. The summed E-state index contributed by atoms with van der Waals surface area (Å²) in [6.07, 6.45) is 0.122. The summed E-state index contributed by atoms with van der Waals surface area (Å²) in [5.74, 6) is 0. The summed E-state index contributed by atoms with van der Waals surface area (Å²) < 4.78 is 10.9. The molecular formula is C6H16NO2PS2. The third-order valence-electron chi connectivity index (χ3n) is 0.809. The van der Waals surface area contributed by atoms with Crippen molar-refractivity contribution >= 4 is 29.1 Å². The molecule has 0 radical (unpaired) electrons. The van der Waals surface area contributed by atoms with Crippen LogP contribution >= 0.6 is 17.3 Å². The van der Waals surface area contributed by atoms with E-state index >= 15 is 0 Å². The molecule has 0 aromatic heterocycles. The molecule has 3 nitrogen and oxygen atoms in total. The summed E-state index contributed by atoms with van der Waals surface area (Å²) in [6, 6.07) is 0. The molecule has 0 aliphatic heterocycles. The molecular weight excluding hydrogens is 213 g/mol. The number of hydrogen-bond donors (Lipinski definition) is 1. The molecule has 0 amide bonds. The number of rotatable bonds is 5. The summed E-state index contributed by atoms with van der Waals surface area (Å²) in [4.78, 5) is 0. The SMILES string of the molecule is CC(C)OP(=S)(OC(C)C)SN. The number of hydrogen-bond acceptors (Lipinski definition) is 5. The number of nitrogens with two attached hydrogens (primary N) is 1. The molecule has 0 aliphatic carbocycles. The Morgan fingerprint density at radius 2 is 1.50 bits per heavy atom. The molecule has 0 fully saturated rings. The van der Waals surface area contributed by atoms with Crippen molar-refractivity contribution in [3.63, 3.8) is 0 Å². The third-order valence-corrected chi connectivity index (χ3v) is 5.01. The predicted molar refractivity (Wildman–Crippen MR) is 58.5 cm³/mol. The molecule has 6 heteroatoms. The maximum atomic E-state index is 5.44. The van der Waals surface area contributed by atoms with E-state index in [0.29, 0.717) is 0 Å². The first-order valence-electron chi connectivity index (χ1n) is 3.75. The largest absolute Gasteiger partial charge is 0.318 e. The Morgan fingerprint density at radius 3 is 1.67 bits per heavy atom. The summed E-state index contributed by atoms with van der Waals surface area (Å²) in [5.41, 5.74) is -2.28.